The standard InChI is InChI=1S/C19H29N/c1-2-14-7-5-10-16(13-14)19(20)18-12-6-9-15-8-3-4-11-17(15)18/h3-4,8,11,14,16,18-19H,2,5-7,9-10,12-13,20H2,1H3. The Labute approximate surface area is 124 Å². The molecule has 110 valence electrons. The molecule has 0 saturated heterocycles. The lowest BCUT2D eigenvalue weighted by Crippen LogP contribution is -2.40. The maximum Gasteiger partial charge on any atom is 0.0136 e. The van der Waals surface area contributed by atoms with Gasteiger partial charge in [-0.1, -0.05) is 50.5 Å². The van der Waals surface area contributed by atoms with Crippen molar-refractivity contribution < 1.29 is 0 Å². The first-order valence-corrected chi connectivity index (χ1v) is 8.63. The minimum atomic E-state index is 0.380. The Morgan fingerprint density at radius 2 is 2.00 bits per heavy atom. The van der Waals surface area contributed by atoms with Gasteiger partial charge >= 0.3 is 0 Å². The Morgan fingerprint density at radius 3 is 2.85 bits per heavy atom. The summed E-state index contributed by atoms with van der Waals surface area (Å²) in [5, 5.41) is 0. The Bertz CT molecular complexity index is 439. The summed E-state index contributed by atoms with van der Waals surface area (Å²) in [4.78, 5) is 0. The Balaban J connectivity index is 1.76. The van der Waals surface area contributed by atoms with Crippen molar-refractivity contribution >= 4 is 0 Å². The molecule has 4 atom stereocenters. The van der Waals surface area contributed by atoms with Gasteiger partial charge in [0.05, 0.1) is 0 Å². The Kier molecular flexibility index (Phi) is 4.45. The fourth-order valence-electron chi connectivity index (χ4n) is 4.57. The predicted molar refractivity (Wildman–Crippen MR) is 85.8 cm³/mol. The highest BCUT2D eigenvalue weighted by molar-refractivity contribution is 5.33. The average Bonchev–Trinajstić information content (AvgIpc) is 2.53. The molecule has 1 fully saturated rings. The summed E-state index contributed by atoms with van der Waals surface area (Å²) < 4.78 is 0. The van der Waals surface area contributed by atoms with E-state index < -0.39 is 0 Å². The van der Waals surface area contributed by atoms with E-state index in [1.165, 1.54) is 51.4 Å². The number of rotatable bonds is 3. The number of benzene rings is 1. The molecule has 0 aliphatic heterocycles. The van der Waals surface area contributed by atoms with E-state index >= 15 is 0 Å². The van der Waals surface area contributed by atoms with Crippen molar-refractivity contribution in [1.82, 2.24) is 0 Å². The van der Waals surface area contributed by atoms with E-state index in [1.807, 2.05) is 0 Å². The molecular weight excluding hydrogens is 242 g/mol. The summed E-state index contributed by atoms with van der Waals surface area (Å²) in [5.41, 5.74) is 9.87. The van der Waals surface area contributed by atoms with Crippen molar-refractivity contribution in [3.05, 3.63) is 35.4 Å². The van der Waals surface area contributed by atoms with Crippen LogP contribution in [0.25, 0.3) is 0 Å². The highest BCUT2D eigenvalue weighted by atomic mass is 14.7. The van der Waals surface area contributed by atoms with Crippen molar-refractivity contribution in [2.45, 2.75) is 70.3 Å². The fourth-order valence-corrected chi connectivity index (χ4v) is 4.57. The highest BCUT2D eigenvalue weighted by Gasteiger charge is 2.33. The zero-order chi connectivity index (χ0) is 13.9. The van der Waals surface area contributed by atoms with Crippen LogP contribution in [-0.2, 0) is 6.42 Å². The number of aryl methyl sites for hydroxylation is 1. The number of hydrogen-bond donors (Lipinski definition) is 1. The van der Waals surface area contributed by atoms with Gasteiger partial charge in [-0.05, 0) is 61.0 Å². The molecule has 0 heterocycles. The van der Waals surface area contributed by atoms with Crippen molar-refractivity contribution in [2.24, 2.45) is 17.6 Å². The average molecular weight is 271 g/mol. The van der Waals surface area contributed by atoms with Crippen molar-refractivity contribution in [3.63, 3.8) is 0 Å². The lowest BCUT2D eigenvalue weighted by Gasteiger charge is -2.38. The number of hydrogen-bond acceptors (Lipinski definition) is 1. The van der Waals surface area contributed by atoms with Crippen LogP contribution in [0, 0.1) is 11.8 Å². The molecule has 1 aromatic rings. The summed E-state index contributed by atoms with van der Waals surface area (Å²) in [6.45, 7) is 2.34. The lowest BCUT2D eigenvalue weighted by atomic mass is 9.69. The first kappa shape index (κ1) is 14.1. The summed E-state index contributed by atoms with van der Waals surface area (Å²) in [5.74, 6) is 2.30. The second kappa shape index (κ2) is 6.30. The van der Waals surface area contributed by atoms with Gasteiger partial charge < -0.3 is 5.73 Å². The first-order valence-electron chi connectivity index (χ1n) is 8.63. The quantitative estimate of drug-likeness (QED) is 0.851. The van der Waals surface area contributed by atoms with Gasteiger partial charge in [-0.15, -0.1) is 0 Å². The van der Waals surface area contributed by atoms with Crippen LogP contribution >= 0.6 is 0 Å². The zero-order valence-corrected chi connectivity index (χ0v) is 12.9. The van der Waals surface area contributed by atoms with E-state index in [4.69, 9.17) is 5.73 Å². The van der Waals surface area contributed by atoms with Gasteiger partial charge in [0, 0.05) is 6.04 Å². The maximum atomic E-state index is 6.75. The fraction of sp³-hybridized carbons (Fsp3) is 0.684. The van der Waals surface area contributed by atoms with Crippen LogP contribution in [-0.4, -0.2) is 6.04 Å². The van der Waals surface area contributed by atoms with Gasteiger partial charge in [-0.25, -0.2) is 0 Å². The number of fused-ring (bicyclic) bond motifs is 1. The Morgan fingerprint density at radius 1 is 1.15 bits per heavy atom. The molecule has 2 aliphatic carbocycles. The number of nitrogens with two attached hydrogens (primary N) is 1. The normalized spacial score (nSPS) is 31.6. The van der Waals surface area contributed by atoms with Crippen LogP contribution in [0.5, 0.6) is 0 Å². The molecule has 4 unspecified atom stereocenters. The van der Waals surface area contributed by atoms with Gasteiger partial charge in [0.15, 0.2) is 0 Å². The molecule has 0 bridgehead atoms. The molecule has 2 N–H and O–H groups in total. The van der Waals surface area contributed by atoms with Crippen LogP contribution in [0.2, 0.25) is 0 Å². The predicted octanol–water partition coefficient (Wildman–Crippen LogP) is 4.65. The third-order valence-corrected chi connectivity index (χ3v) is 5.83. The SMILES string of the molecule is CCC1CCCC(C(N)C2CCCc3ccccc32)C1. The molecule has 1 heteroatoms. The first-order chi connectivity index (χ1) is 9.79. The summed E-state index contributed by atoms with van der Waals surface area (Å²) >= 11 is 0. The third-order valence-electron chi connectivity index (χ3n) is 5.83. The van der Waals surface area contributed by atoms with E-state index in [0.29, 0.717) is 12.0 Å². The minimum absolute atomic E-state index is 0.380. The van der Waals surface area contributed by atoms with Gasteiger partial charge in [0.1, 0.15) is 0 Å². The van der Waals surface area contributed by atoms with Crippen molar-refractivity contribution in [1.29, 1.82) is 0 Å². The van der Waals surface area contributed by atoms with Gasteiger partial charge in [-0.2, -0.15) is 0 Å². The van der Waals surface area contributed by atoms with Crippen molar-refractivity contribution in [3.8, 4) is 0 Å². The topological polar surface area (TPSA) is 26.0 Å². The van der Waals surface area contributed by atoms with Crippen LogP contribution < -0.4 is 5.73 Å². The molecule has 0 radical (unpaired) electrons. The van der Waals surface area contributed by atoms with E-state index in [2.05, 4.69) is 31.2 Å². The van der Waals surface area contributed by atoms with Gasteiger partial charge in [0.25, 0.3) is 0 Å². The highest BCUT2D eigenvalue weighted by Crippen LogP contribution is 2.40. The van der Waals surface area contributed by atoms with Gasteiger partial charge in [-0.3, -0.25) is 0 Å². The van der Waals surface area contributed by atoms with Gasteiger partial charge in [0.2, 0.25) is 0 Å². The lowest BCUT2D eigenvalue weighted by molar-refractivity contribution is 0.208. The molecule has 1 saturated carbocycles. The minimum Gasteiger partial charge on any atom is -0.327 e. The molecule has 20 heavy (non-hydrogen) atoms. The smallest absolute Gasteiger partial charge is 0.0136 e. The summed E-state index contributed by atoms with van der Waals surface area (Å²) in [6.07, 6.45) is 10.8. The van der Waals surface area contributed by atoms with E-state index in [9.17, 15) is 0 Å². The zero-order valence-electron chi connectivity index (χ0n) is 12.9. The van der Waals surface area contributed by atoms with Crippen molar-refractivity contribution in [2.75, 3.05) is 0 Å². The third kappa shape index (κ3) is 2.79. The molecule has 1 nitrogen and oxygen atoms in total. The Hall–Kier alpha value is -0.820. The van der Waals surface area contributed by atoms with E-state index in [1.54, 1.807) is 11.1 Å². The molecule has 0 amide bonds. The summed E-state index contributed by atoms with van der Waals surface area (Å²) in [7, 11) is 0. The van der Waals surface area contributed by atoms with E-state index in [0.717, 1.165) is 11.8 Å². The summed E-state index contributed by atoms with van der Waals surface area (Å²) in [6, 6.07) is 9.40. The molecule has 2 aliphatic rings. The molecule has 0 spiro atoms. The molecule has 3 rings (SSSR count). The van der Waals surface area contributed by atoms with Crippen LogP contribution in [0.3, 0.4) is 0 Å². The van der Waals surface area contributed by atoms with E-state index in [-0.39, 0.29) is 0 Å². The molecule has 1 aromatic carbocycles. The monoisotopic (exact) mass is 271 g/mol. The van der Waals surface area contributed by atoms with Crippen LogP contribution in [0.1, 0.15) is 68.9 Å². The van der Waals surface area contributed by atoms with Crippen LogP contribution in [0.15, 0.2) is 24.3 Å². The van der Waals surface area contributed by atoms with Crippen LogP contribution in [0.4, 0.5) is 0 Å². The largest absolute Gasteiger partial charge is 0.327 e. The molecule has 0 aromatic heterocycles. The second-order valence-corrected chi connectivity index (χ2v) is 6.98. The molecular formula is C19H29N. The maximum absolute atomic E-state index is 6.75. The second-order valence-electron chi connectivity index (χ2n) is 6.98.